The summed E-state index contributed by atoms with van der Waals surface area (Å²) in [7, 11) is 0. The summed E-state index contributed by atoms with van der Waals surface area (Å²) in [5, 5.41) is 0.995. The number of nitrogens with zero attached hydrogens (tertiary/aromatic N) is 1. The van der Waals surface area contributed by atoms with E-state index in [2.05, 4.69) is 10.4 Å². The number of carbonyl (C=O) groups is 1. The van der Waals surface area contributed by atoms with Crippen LogP contribution in [0.2, 0.25) is 0 Å². The van der Waals surface area contributed by atoms with E-state index in [0.717, 1.165) is 22.0 Å². The quantitative estimate of drug-likeness (QED) is 0.445. The first-order chi connectivity index (χ1) is 8.04. The maximum atomic E-state index is 11.6. The molecule has 0 aliphatic rings. The molecule has 0 aliphatic heterocycles. The molecule has 4 nitrogen and oxygen atoms in total. The number of nitrogens with one attached hydrogen (secondary N) is 1. The average molecular weight is 229 g/mol. The van der Waals surface area contributed by atoms with Crippen molar-refractivity contribution in [3.63, 3.8) is 0 Å². The zero-order valence-electron chi connectivity index (χ0n) is 10.2. The van der Waals surface area contributed by atoms with Crippen molar-refractivity contribution in [3.05, 3.63) is 40.6 Å². The molecule has 88 valence electrons. The van der Waals surface area contributed by atoms with Crippen molar-refractivity contribution in [1.29, 1.82) is 0 Å². The summed E-state index contributed by atoms with van der Waals surface area (Å²) in [6.07, 6.45) is 0. The lowest BCUT2D eigenvalue weighted by Crippen LogP contribution is -2.30. The molecule has 1 amide bonds. The van der Waals surface area contributed by atoms with Gasteiger partial charge < -0.3 is 0 Å². The van der Waals surface area contributed by atoms with Gasteiger partial charge in [0.2, 0.25) is 0 Å². The third-order valence-corrected chi connectivity index (χ3v) is 2.97. The lowest BCUT2D eigenvalue weighted by Gasteiger charge is -2.09. The molecule has 0 aliphatic carbocycles. The monoisotopic (exact) mass is 229 g/mol. The number of fused-ring (bicyclic) bond motifs is 1. The van der Waals surface area contributed by atoms with Crippen LogP contribution in [-0.2, 0) is 0 Å². The Kier molecular flexibility index (Phi) is 2.81. The molecule has 0 bridgehead atoms. The molecule has 0 unspecified atom stereocenters. The minimum Gasteiger partial charge on any atom is -0.290 e. The van der Waals surface area contributed by atoms with Gasteiger partial charge in [0, 0.05) is 5.39 Å². The molecule has 0 saturated heterocycles. The Labute approximate surface area is 99.8 Å². The van der Waals surface area contributed by atoms with Crippen molar-refractivity contribution in [1.82, 2.24) is 10.4 Å². The first kappa shape index (κ1) is 11.5. The van der Waals surface area contributed by atoms with Crippen LogP contribution in [0, 0.1) is 20.8 Å². The number of carbonyl (C=O) groups excluding carboxylic acids is 1. The standard InChI is InChI=1S/C13H15N3O/c1-7-4-5-8(2)12-10(7)6-11(9(3)15-12)13(17)16-14/h4-6H,14H2,1-3H3,(H,16,17). The van der Waals surface area contributed by atoms with Gasteiger partial charge in [0.05, 0.1) is 16.8 Å². The molecule has 0 spiro atoms. The van der Waals surface area contributed by atoms with Crippen LogP contribution in [0.15, 0.2) is 18.2 Å². The van der Waals surface area contributed by atoms with Gasteiger partial charge >= 0.3 is 0 Å². The van der Waals surface area contributed by atoms with E-state index in [-0.39, 0.29) is 5.91 Å². The van der Waals surface area contributed by atoms with Crippen LogP contribution in [0.25, 0.3) is 10.9 Å². The summed E-state index contributed by atoms with van der Waals surface area (Å²) in [5.41, 5.74) is 6.50. The number of pyridine rings is 1. The zero-order valence-corrected chi connectivity index (χ0v) is 10.2. The molecule has 0 atom stereocenters. The molecule has 3 N–H and O–H groups in total. The van der Waals surface area contributed by atoms with E-state index in [1.807, 2.05) is 39.0 Å². The predicted molar refractivity (Wildman–Crippen MR) is 67.6 cm³/mol. The highest BCUT2D eigenvalue weighted by Gasteiger charge is 2.12. The number of hydrogen-bond acceptors (Lipinski definition) is 3. The molecule has 1 aromatic heterocycles. The van der Waals surface area contributed by atoms with Crippen LogP contribution >= 0.6 is 0 Å². The van der Waals surface area contributed by atoms with Crippen molar-refractivity contribution in [2.75, 3.05) is 0 Å². The van der Waals surface area contributed by atoms with E-state index in [1.165, 1.54) is 0 Å². The van der Waals surface area contributed by atoms with E-state index in [0.29, 0.717) is 11.3 Å². The highest BCUT2D eigenvalue weighted by molar-refractivity contribution is 5.99. The number of amides is 1. The Morgan fingerprint density at radius 3 is 2.53 bits per heavy atom. The number of nitrogens with two attached hydrogens (primary N) is 1. The summed E-state index contributed by atoms with van der Waals surface area (Å²) in [4.78, 5) is 16.1. The summed E-state index contributed by atoms with van der Waals surface area (Å²) in [6, 6.07) is 5.91. The van der Waals surface area contributed by atoms with Crippen LogP contribution in [0.5, 0.6) is 0 Å². The number of nitrogen functional groups attached to an aromatic ring is 1. The van der Waals surface area contributed by atoms with Gasteiger partial charge in [-0.05, 0) is 38.0 Å². The van der Waals surface area contributed by atoms with Crippen molar-refractivity contribution < 1.29 is 4.79 Å². The average Bonchev–Trinajstić information content (AvgIpc) is 2.32. The SMILES string of the molecule is Cc1nc2c(C)ccc(C)c2cc1C(=O)NN. The Bertz CT molecular complexity index is 605. The second-order valence-corrected chi connectivity index (χ2v) is 4.19. The third kappa shape index (κ3) is 1.87. The number of rotatable bonds is 1. The van der Waals surface area contributed by atoms with Crippen LogP contribution < -0.4 is 11.3 Å². The zero-order chi connectivity index (χ0) is 12.6. The molecule has 0 saturated carbocycles. The smallest absolute Gasteiger partial charge is 0.267 e. The minimum absolute atomic E-state index is 0.308. The lowest BCUT2D eigenvalue weighted by atomic mass is 10.0. The van der Waals surface area contributed by atoms with E-state index in [1.54, 1.807) is 0 Å². The molecule has 0 fully saturated rings. The maximum Gasteiger partial charge on any atom is 0.267 e. The van der Waals surface area contributed by atoms with Gasteiger partial charge in [-0.1, -0.05) is 12.1 Å². The van der Waals surface area contributed by atoms with Crippen molar-refractivity contribution >= 4 is 16.8 Å². The fraction of sp³-hybridized carbons (Fsp3) is 0.231. The molecule has 0 radical (unpaired) electrons. The van der Waals surface area contributed by atoms with Gasteiger partial charge in [-0.2, -0.15) is 0 Å². The van der Waals surface area contributed by atoms with Gasteiger partial charge in [0.1, 0.15) is 0 Å². The van der Waals surface area contributed by atoms with Crippen LogP contribution in [0.4, 0.5) is 0 Å². The molecule has 1 aromatic carbocycles. The summed E-state index contributed by atoms with van der Waals surface area (Å²) in [6.45, 7) is 5.82. The summed E-state index contributed by atoms with van der Waals surface area (Å²) >= 11 is 0. The number of benzene rings is 1. The fourth-order valence-corrected chi connectivity index (χ4v) is 1.93. The topological polar surface area (TPSA) is 68.0 Å². The Hall–Kier alpha value is -1.94. The van der Waals surface area contributed by atoms with Gasteiger partial charge in [-0.3, -0.25) is 15.2 Å². The first-order valence-electron chi connectivity index (χ1n) is 5.43. The van der Waals surface area contributed by atoms with Crippen LogP contribution in [-0.4, -0.2) is 10.9 Å². The highest BCUT2D eigenvalue weighted by atomic mass is 16.2. The van der Waals surface area contributed by atoms with Crippen LogP contribution in [0.3, 0.4) is 0 Å². The van der Waals surface area contributed by atoms with Crippen molar-refractivity contribution in [2.24, 2.45) is 5.84 Å². The van der Waals surface area contributed by atoms with Gasteiger partial charge in [-0.25, -0.2) is 5.84 Å². The van der Waals surface area contributed by atoms with E-state index in [4.69, 9.17) is 5.84 Å². The van der Waals surface area contributed by atoms with E-state index < -0.39 is 0 Å². The van der Waals surface area contributed by atoms with E-state index >= 15 is 0 Å². The van der Waals surface area contributed by atoms with E-state index in [9.17, 15) is 4.79 Å². The highest BCUT2D eigenvalue weighted by Crippen LogP contribution is 2.22. The molecule has 2 rings (SSSR count). The second kappa shape index (κ2) is 4.14. The first-order valence-corrected chi connectivity index (χ1v) is 5.43. The largest absolute Gasteiger partial charge is 0.290 e. The molecule has 1 heterocycles. The minimum atomic E-state index is -0.308. The van der Waals surface area contributed by atoms with Gasteiger partial charge in [0.15, 0.2) is 0 Å². The van der Waals surface area contributed by atoms with Gasteiger partial charge in [0.25, 0.3) is 5.91 Å². The molecular formula is C13H15N3O. The van der Waals surface area contributed by atoms with Crippen molar-refractivity contribution in [2.45, 2.75) is 20.8 Å². The lowest BCUT2D eigenvalue weighted by molar-refractivity contribution is 0.0953. The third-order valence-electron chi connectivity index (χ3n) is 2.97. The number of aryl methyl sites for hydroxylation is 3. The predicted octanol–water partition coefficient (Wildman–Crippen LogP) is 1.76. The molecule has 17 heavy (non-hydrogen) atoms. The fourth-order valence-electron chi connectivity index (χ4n) is 1.93. The number of hydrogen-bond donors (Lipinski definition) is 2. The Balaban J connectivity index is 2.80. The number of aromatic nitrogens is 1. The molecule has 4 heteroatoms. The summed E-state index contributed by atoms with van der Waals surface area (Å²) in [5.74, 6) is 4.85. The van der Waals surface area contributed by atoms with Gasteiger partial charge in [-0.15, -0.1) is 0 Å². The van der Waals surface area contributed by atoms with Crippen LogP contribution in [0.1, 0.15) is 27.2 Å². The second-order valence-electron chi connectivity index (χ2n) is 4.19. The maximum absolute atomic E-state index is 11.6. The number of hydrazine groups is 1. The molecular weight excluding hydrogens is 214 g/mol. The summed E-state index contributed by atoms with van der Waals surface area (Å²) < 4.78 is 0. The molecule has 2 aromatic rings. The Morgan fingerprint density at radius 2 is 1.88 bits per heavy atom. The van der Waals surface area contributed by atoms with Crippen molar-refractivity contribution in [3.8, 4) is 0 Å². The Morgan fingerprint density at radius 1 is 1.24 bits per heavy atom. The normalized spacial score (nSPS) is 10.6.